The van der Waals surface area contributed by atoms with Crippen molar-refractivity contribution < 1.29 is 50.5 Å². The van der Waals surface area contributed by atoms with Gasteiger partial charge in [0.1, 0.15) is 28.6 Å². The summed E-state index contributed by atoms with van der Waals surface area (Å²) in [5.41, 5.74) is -5.77. The van der Waals surface area contributed by atoms with Crippen molar-refractivity contribution in [3.05, 3.63) is 70.3 Å². The lowest BCUT2D eigenvalue weighted by molar-refractivity contribution is -0.137. The first kappa shape index (κ1) is 40.9. The summed E-state index contributed by atoms with van der Waals surface area (Å²) in [4.78, 5) is 59.7. The largest absolute Gasteiger partial charge is 0.463 e. The lowest BCUT2D eigenvalue weighted by Crippen LogP contribution is -2.57. The van der Waals surface area contributed by atoms with Gasteiger partial charge in [0.2, 0.25) is 0 Å². The molecule has 4 aliphatic heterocycles. The number of fused-ring (bicyclic) bond motifs is 4. The molecule has 1 saturated carbocycles. The number of aromatic nitrogens is 3. The molecule has 4 fully saturated rings. The molecule has 13 nitrogen and oxygen atoms in total. The lowest BCUT2D eigenvalue weighted by Gasteiger charge is -2.42. The molecule has 3 amide bonds. The Morgan fingerprint density at radius 2 is 1.57 bits per heavy atom. The van der Waals surface area contributed by atoms with Crippen molar-refractivity contribution in [1.29, 1.82) is 0 Å². The van der Waals surface area contributed by atoms with E-state index < -0.39 is 75.0 Å². The van der Waals surface area contributed by atoms with Gasteiger partial charge in [0.15, 0.2) is 5.82 Å². The third-order valence-electron chi connectivity index (χ3n) is 12.1. The summed E-state index contributed by atoms with van der Waals surface area (Å²) in [5, 5.41) is -0.132. The van der Waals surface area contributed by atoms with Crippen LogP contribution in [-0.2, 0) is 15.7 Å². The van der Waals surface area contributed by atoms with E-state index in [-0.39, 0.29) is 65.5 Å². The Balaban J connectivity index is 1.15. The van der Waals surface area contributed by atoms with Gasteiger partial charge in [-0.25, -0.2) is 23.5 Å². The highest BCUT2D eigenvalue weighted by atomic mass is 19.4. The first-order chi connectivity index (χ1) is 28.9. The molecular formula is C43H44F5N7O6. The van der Waals surface area contributed by atoms with E-state index in [1.807, 2.05) is 0 Å². The molecule has 0 radical (unpaired) electrons. The summed E-state index contributed by atoms with van der Waals surface area (Å²) < 4.78 is 96.3. The van der Waals surface area contributed by atoms with E-state index in [0.29, 0.717) is 31.0 Å². The highest BCUT2D eigenvalue weighted by molar-refractivity contribution is 6.34. The smallest absolute Gasteiger partial charge is 0.418 e. The molecule has 6 heterocycles. The molecule has 9 rings (SSSR count). The van der Waals surface area contributed by atoms with Crippen LogP contribution in [0, 0.1) is 24.0 Å². The van der Waals surface area contributed by atoms with Crippen LogP contribution in [0.3, 0.4) is 0 Å². The Morgan fingerprint density at radius 1 is 0.934 bits per heavy atom. The van der Waals surface area contributed by atoms with Gasteiger partial charge in [-0.3, -0.25) is 19.4 Å². The molecule has 2 atom stereocenters. The van der Waals surface area contributed by atoms with Crippen molar-refractivity contribution in [2.75, 3.05) is 62.3 Å². The number of rotatable bonds is 8. The predicted octanol–water partition coefficient (Wildman–Crippen LogP) is 7.18. The fraction of sp³-hybridized carbons (Fsp3) is 0.488. The number of aryl methyl sites for hydroxylation is 1. The third kappa shape index (κ3) is 7.51. The molecule has 2 aromatic heterocycles. The van der Waals surface area contributed by atoms with E-state index in [0.717, 1.165) is 51.5 Å². The fourth-order valence-corrected chi connectivity index (χ4v) is 9.05. The molecule has 0 spiro atoms. The van der Waals surface area contributed by atoms with Gasteiger partial charge in [0, 0.05) is 43.5 Å². The standard InChI is InChI=1S/C43H44F5N7O6/c1-23-17-30(55-37(56)26-7-5-6-8-27(26)38(55)57)49-35(32(23)43(46,47)48)31-29(44)18-28-34(33(31)45)50-39(60-22-42(11-12-42)21-52-13-15-59-16-14-52)51-36(28)53-19-24-9-10-25(20-53)54(24)40(58)61-41(2,3)4/h5-8,17-18,24-25H,9-16,19-22H2,1-4H3. The predicted molar refractivity (Wildman–Crippen MR) is 212 cm³/mol. The lowest BCUT2D eigenvalue weighted by atomic mass is 9.98. The number of anilines is 2. The fourth-order valence-electron chi connectivity index (χ4n) is 9.05. The van der Waals surface area contributed by atoms with Gasteiger partial charge in [0.05, 0.1) is 59.9 Å². The number of piperazine rings is 1. The summed E-state index contributed by atoms with van der Waals surface area (Å²) in [6, 6.07) is 6.70. The first-order valence-corrected chi connectivity index (χ1v) is 20.4. The van der Waals surface area contributed by atoms with Gasteiger partial charge < -0.3 is 19.1 Å². The monoisotopic (exact) mass is 849 g/mol. The van der Waals surface area contributed by atoms with E-state index in [1.54, 1.807) is 30.6 Å². The number of hydrogen-bond acceptors (Lipinski definition) is 11. The minimum Gasteiger partial charge on any atom is -0.463 e. The molecule has 5 aliphatic rings. The zero-order valence-corrected chi connectivity index (χ0v) is 34.1. The Morgan fingerprint density at radius 3 is 2.16 bits per heavy atom. The first-order valence-electron chi connectivity index (χ1n) is 20.4. The number of ether oxygens (including phenoxy) is 3. The number of benzene rings is 2. The molecule has 2 aromatic carbocycles. The van der Waals surface area contributed by atoms with Crippen LogP contribution in [0.1, 0.15) is 78.3 Å². The van der Waals surface area contributed by atoms with Crippen LogP contribution in [-0.4, -0.2) is 113 Å². The van der Waals surface area contributed by atoms with E-state index in [2.05, 4.69) is 14.9 Å². The van der Waals surface area contributed by atoms with E-state index >= 15 is 8.78 Å². The summed E-state index contributed by atoms with van der Waals surface area (Å²) in [6.45, 7) is 10.5. The van der Waals surface area contributed by atoms with Crippen LogP contribution >= 0.6 is 0 Å². The maximum absolute atomic E-state index is 17.4. The Labute approximate surface area is 347 Å². The highest BCUT2D eigenvalue weighted by Gasteiger charge is 2.48. The van der Waals surface area contributed by atoms with Crippen LogP contribution < -0.4 is 14.5 Å². The molecular weight excluding hydrogens is 806 g/mol. The van der Waals surface area contributed by atoms with Gasteiger partial charge in [-0.1, -0.05) is 12.1 Å². The number of pyridine rings is 1. The van der Waals surface area contributed by atoms with E-state index in [9.17, 15) is 27.6 Å². The number of alkyl halides is 3. The molecule has 0 N–H and O–H groups in total. The summed E-state index contributed by atoms with van der Waals surface area (Å²) in [6.07, 6.45) is -2.65. The Kier molecular flexibility index (Phi) is 9.96. The minimum atomic E-state index is -5.17. The van der Waals surface area contributed by atoms with Crippen LogP contribution in [0.25, 0.3) is 22.2 Å². The summed E-state index contributed by atoms with van der Waals surface area (Å²) in [5.74, 6) is -5.02. The number of carbonyl (C=O) groups excluding carboxylic acids is 3. The zero-order valence-electron chi connectivity index (χ0n) is 34.1. The number of imide groups is 1. The molecule has 4 aromatic rings. The number of morpholine rings is 1. The summed E-state index contributed by atoms with van der Waals surface area (Å²) in [7, 11) is 0. The summed E-state index contributed by atoms with van der Waals surface area (Å²) >= 11 is 0. The van der Waals surface area contributed by atoms with E-state index in [1.165, 1.54) is 24.3 Å². The molecule has 1 aliphatic carbocycles. The van der Waals surface area contributed by atoms with Gasteiger partial charge >= 0.3 is 18.3 Å². The third-order valence-corrected chi connectivity index (χ3v) is 12.1. The number of nitrogens with zero attached hydrogens (tertiary/aromatic N) is 7. The molecule has 61 heavy (non-hydrogen) atoms. The normalized spacial score (nSPS) is 21.4. The van der Waals surface area contributed by atoms with Crippen molar-refractivity contribution >= 4 is 40.4 Å². The van der Waals surface area contributed by atoms with Crippen molar-refractivity contribution in [2.24, 2.45) is 5.41 Å². The second-order valence-electron chi connectivity index (χ2n) is 17.6. The number of hydrogen-bond donors (Lipinski definition) is 0. The van der Waals surface area contributed by atoms with Crippen molar-refractivity contribution in [2.45, 2.75) is 77.2 Å². The topological polar surface area (TPSA) is 131 Å². The molecule has 3 saturated heterocycles. The zero-order chi connectivity index (χ0) is 43.2. The number of halogens is 5. The number of carbonyl (C=O) groups is 3. The molecule has 18 heteroatoms. The maximum Gasteiger partial charge on any atom is 0.418 e. The molecule has 2 unspecified atom stereocenters. The quantitative estimate of drug-likeness (QED) is 0.132. The minimum absolute atomic E-state index is 0.00603. The van der Waals surface area contributed by atoms with E-state index in [4.69, 9.17) is 19.2 Å². The van der Waals surface area contributed by atoms with Crippen LogP contribution in [0.4, 0.5) is 38.4 Å². The van der Waals surface area contributed by atoms with Gasteiger partial charge in [-0.05, 0) is 83.2 Å². The van der Waals surface area contributed by atoms with Gasteiger partial charge in [0.25, 0.3) is 11.8 Å². The average molecular weight is 850 g/mol. The highest BCUT2D eigenvalue weighted by Crippen LogP contribution is 2.48. The SMILES string of the molecule is Cc1cc(N2C(=O)c3ccccc3C2=O)nc(-c2c(F)cc3c(N4CC5CCC(C4)N5C(=O)OC(C)(C)C)nc(OCC4(CN5CCOCC5)CC4)nc3c2F)c1C(F)(F)F. The second kappa shape index (κ2) is 14.9. The number of amides is 3. The van der Waals surface area contributed by atoms with Crippen LogP contribution in [0.15, 0.2) is 36.4 Å². The maximum atomic E-state index is 17.4. The van der Waals surface area contributed by atoms with Crippen LogP contribution in [0.5, 0.6) is 6.01 Å². The van der Waals surface area contributed by atoms with Crippen molar-refractivity contribution in [3.63, 3.8) is 0 Å². The van der Waals surface area contributed by atoms with Gasteiger partial charge in [-0.2, -0.15) is 23.1 Å². The Hall–Kier alpha value is -5.49. The van der Waals surface area contributed by atoms with Crippen molar-refractivity contribution in [1.82, 2.24) is 24.8 Å². The second-order valence-corrected chi connectivity index (χ2v) is 17.6. The average Bonchev–Trinajstić information content (AvgIpc) is 3.83. The van der Waals surface area contributed by atoms with Crippen molar-refractivity contribution in [3.8, 4) is 17.3 Å². The van der Waals surface area contributed by atoms with Gasteiger partial charge in [-0.15, -0.1) is 0 Å². The van der Waals surface area contributed by atoms with Crippen LogP contribution in [0.2, 0.25) is 0 Å². The Bertz CT molecular complexity index is 2420. The molecule has 2 bridgehead atoms. The molecule has 322 valence electrons.